The maximum Gasteiger partial charge on any atom is 0.309 e. The van der Waals surface area contributed by atoms with E-state index in [1.54, 1.807) is 0 Å². The molecule has 0 unspecified atom stereocenters. The van der Waals surface area contributed by atoms with Gasteiger partial charge in [0, 0.05) is 0 Å². The number of carbonyl (C=O) groups is 1. The molecule has 3 atom stereocenters. The van der Waals surface area contributed by atoms with Gasteiger partial charge in [0.25, 0.3) is 0 Å². The zero-order chi connectivity index (χ0) is 18.0. The average Bonchev–Trinajstić information content (AvgIpc) is 2.54. The van der Waals surface area contributed by atoms with Crippen molar-refractivity contribution in [3.8, 4) is 0 Å². The highest BCUT2D eigenvalue weighted by Gasteiger charge is 2.51. The van der Waals surface area contributed by atoms with Crippen molar-refractivity contribution < 1.29 is 9.90 Å². The first-order chi connectivity index (χ1) is 11.2. The van der Waals surface area contributed by atoms with E-state index in [-0.39, 0.29) is 11.3 Å². The Labute approximate surface area is 147 Å². The Balaban J connectivity index is 2.24. The number of aliphatic carboxylic acids is 1. The first-order valence-electron chi connectivity index (χ1n) is 9.19. The predicted octanol–water partition coefficient (Wildman–Crippen LogP) is 5.83. The molecular weight excluding hydrogens is 296 g/mol. The standard InChI is InChI=1S/C22H32O2/c1-6-21(4)13-8-14-22(5,20(23)24)19(21)12-11-17-9-7-10-18(15-17)16(2)3/h6-7,9-10,15-16,19H,1,8,11-14H2,2-5H3,(H,23,24)/t19-,21+,22-/m1/s1. The van der Waals surface area contributed by atoms with Gasteiger partial charge in [-0.3, -0.25) is 4.79 Å². The first-order valence-corrected chi connectivity index (χ1v) is 9.19. The summed E-state index contributed by atoms with van der Waals surface area (Å²) in [6, 6.07) is 8.73. The van der Waals surface area contributed by atoms with E-state index in [1.165, 1.54) is 11.1 Å². The van der Waals surface area contributed by atoms with Gasteiger partial charge < -0.3 is 5.11 Å². The molecule has 0 bridgehead atoms. The number of aryl methyl sites for hydroxylation is 1. The zero-order valence-electron chi connectivity index (χ0n) is 15.6. The summed E-state index contributed by atoms with van der Waals surface area (Å²) in [6.45, 7) is 12.6. The van der Waals surface area contributed by atoms with Crippen LogP contribution in [0.4, 0.5) is 0 Å². The summed E-state index contributed by atoms with van der Waals surface area (Å²) in [4.78, 5) is 12.0. The summed E-state index contributed by atoms with van der Waals surface area (Å²) in [5, 5.41) is 9.88. The van der Waals surface area contributed by atoms with Gasteiger partial charge in [-0.05, 0) is 61.0 Å². The number of rotatable bonds is 6. The topological polar surface area (TPSA) is 37.3 Å². The Morgan fingerprint density at radius 2 is 2.08 bits per heavy atom. The number of allylic oxidation sites excluding steroid dienone is 1. The summed E-state index contributed by atoms with van der Waals surface area (Å²) in [5.74, 6) is -0.0185. The fraction of sp³-hybridized carbons (Fsp3) is 0.591. The molecule has 1 aliphatic carbocycles. The Bertz CT molecular complexity index is 604. The Morgan fingerprint density at radius 1 is 1.38 bits per heavy atom. The van der Waals surface area contributed by atoms with Crippen LogP contribution in [0.25, 0.3) is 0 Å². The van der Waals surface area contributed by atoms with Gasteiger partial charge in [-0.15, -0.1) is 6.58 Å². The SMILES string of the molecule is C=C[C@@]1(C)CCC[C@@](C)(C(=O)O)[C@@H]1CCc1cccc(C(C)C)c1. The second-order valence-corrected chi connectivity index (χ2v) is 8.28. The number of hydrogen-bond acceptors (Lipinski definition) is 1. The summed E-state index contributed by atoms with van der Waals surface area (Å²) < 4.78 is 0. The van der Waals surface area contributed by atoms with Crippen molar-refractivity contribution in [3.63, 3.8) is 0 Å². The van der Waals surface area contributed by atoms with Crippen molar-refractivity contribution >= 4 is 5.97 Å². The lowest BCUT2D eigenvalue weighted by molar-refractivity contribution is -0.158. The fourth-order valence-electron chi connectivity index (χ4n) is 4.48. The lowest BCUT2D eigenvalue weighted by Gasteiger charge is -2.49. The van der Waals surface area contributed by atoms with Gasteiger partial charge in [0.15, 0.2) is 0 Å². The van der Waals surface area contributed by atoms with Crippen LogP contribution >= 0.6 is 0 Å². The van der Waals surface area contributed by atoms with Gasteiger partial charge >= 0.3 is 5.97 Å². The Morgan fingerprint density at radius 3 is 2.67 bits per heavy atom. The second-order valence-electron chi connectivity index (χ2n) is 8.28. The van der Waals surface area contributed by atoms with Crippen molar-refractivity contribution in [1.82, 2.24) is 0 Å². The van der Waals surface area contributed by atoms with Crippen molar-refractivity contribution in [2.45, 2.75) is 65.7 Å². The maximum atomic E-state index is 12.0. The molecule has 2 rings (SSSR count). The van der Waals surface area contributed by atoms with Crippen molar-refractivity contribution in [2.24, 2.45) is 16.7 Å². The first kappa shape index (κ1) is 18.8. The van der Waals surface area contributed by atoms with Crippen LogP contribution in [-0.4, -0.2) is 11.1 Å². The van der Waals surface area contributed by atoms with Crippen LogP contribution in [0, 0.1) is 16.7 Å². The Kier molecular flexibility index (Phi) is 5.57. The third-order valence-electron chi connectivity index (χ3n) is 6.27. The third kappa shape index (κ3) is 3.58. The largest absolute Gasteiger partial charge is 0.481 e. The molecule has 2 nitrogen and oxygen atoms in total. The molecule has 1 saturated carbocycles. The molecule has 24 heavy (non-hydrogen) atoms. The molecule has 0 amide bonds. The molecule has 1 N–H and O–H groups in total. The smallest absolute Gasteiger partial charge is 0.309 e. The minimum atomic E-state index is -0.656. The molecule has 1 fully saturated rings. The number of carboxylic acids is 1. The fourth-order valence-corrected chi connectivity index (χ4v) is 4.48. The number of carboxylic acid groups (broad SMARTS) is 1. The molecule has 1 aromatic carbocycles. The van der Waals surface area contributed by atoms with E-state index >= 15 is 0 Å². The molecule has 1 aromatic rings. The van der Waals surface area contributed by atoms with E-state index in [2.05, 4.69) is 51.6 Å². The molecule has 0 aliphatic heterocycles. The van der Waals surface area contributed by atoms with E-state index in [0.29, 0.717) is 5.92 Å². The quantitative estimate of drug-likeness (QED) is 0.667. The van der Waals surface area contributed by atoms with E-state index in [9.17, 15) is 9.90 Å². The van der Waals surface area contributed by atoms with Crippen LogP contribution in [0.15, 0.2) is 36.9 Å². The monoisotopic (exact) mass is 328 g/mol. The maximum absolute atomic E-state index is 12.0. The molecule has 132 valence electrons. The highest BCUT2D eigenvalue weighted by Crippen LogP contribution is 2.53. The third-order valence-corrected chi connectivity index (χ3v) is 6.27. The number of benzene rings is 1. The second kappa shape index (κ2) is 7.13. The molecule has 1 aliphatic rings. The number of hydrogen-bond donors (Lipinski definition) is 1. The van der Waals surface area contributed by atoms with Gasteiger partial charge in [0.1, 0.15) is 0 Å². The minimum absolute atomic E-state index is 0.0962. The van der Waals surface area contributed by atoms with Gasteiger partial charge in [-0.2, -0.15) is 0 Å². The minimum Gasteiger partial charge on any atom is -0.481 e. The molecular formula is C22H32O2. The van der Waals surface area contributed by atoms with Gasteiger partial charge in [0.2, 0.25) is 0 Å². The lowest BCUT2D eigenvalue weighted by Crippen LogP contribution is -2.47. The van der Waals surface area contributed by atoms with Gasteiger partial charge in [-0.1, -0.05) is 57.5 Å². The van der Waals surface area contributed by atoms with Crippen molar-refractivity contribution in [1.29, 1.82) is 0 Å². The molecule has 0 saturated heterocycles. The molecule has 0 heterocycles. The van der Waals surface area contributed by atoms with Crippen LogP contribution < -0.4 is 0 Å². The summed E-state index contributed by atoms with van der Waals surface area (Å²) >= 11 is 0. The van der Waals surface area contributed by atoms with Crippen LogP contribution in [-0.2, 0) is 11.2 Å². The predicted molar refractivity (Wildman–Crippen MR) is 100 cm³/mol. The molecule has 0 radical (unpaired) electrons. The highest BCUT2D eigenvalue weighted by atomic mass is 16.4. The molecule has 2 heteroatoms. The van der Waals surface area contributed by atoms with Crippen LogP contribution in [0.3, 0.4) is 0 Å². The molecule has 0 aromatic heterocycles. The van der Waals surface area contributed by atoms with Gasteiger partial charge in [0.05, 0.1) is 5.41 Å². The van der Waals surface area contributed by atoms with Crippen LogP contribution in [0.2, 0.25) is 0 Å². The summed E-state index contributed by atoms with van der Waals surface area (Å²) in [5.41, 5.74) is 1.91. The van der Waals surface area contributed by atoms with E-state index in [4.69, 9.17) is 0 Å². The Hall–Kier alpha value is -1.57. The zero-order valence-corrected chi connectivity index (χ0v) is 15.6. The van der Waals surface area contributed by atoms with Gasteiger partial charge in [-0.25, -0.2) is 0 Å². The van der Waals surface area contributed by atoms with Crippen LogP contribution in [0.5, 0.6) is 0 Å². The van der Waals surface area contributed by atoms with E-state index in [0.717, 1.165) is 32.1 Å². The summed E-state index contributed by atoms with van der Waals surface area (Å²) in [6.07, 6.45) is 6.59. The van der Waals surface area contributed by atoms with E-state index in [1.807, 2.05) is 13.0 Å². The highest BCUT2D eigenvalue weighted by molar-refractivity contribution is 5.75. The summed E-state index contributed by atoms with van der Waals surface area (Å²) in [7, 11) is 0. The van der Waals surface area contributed by atoms with Crippen molar-refractivity contribution in [3.05, 3.63) is 48.0 Å². The molecule has 0 spiro atoms. The average molecular weight is 328 g/mol. The van der Waals surface area contributed by atoms with Crippen LogP contribution in [0.1, 0.15) is 70.4 Å². The van der Waals surface area contributed by atoms with E-state index < -0.39 is 11.4 Å². The normalized spacial score (nSPS) is 30.3. The lowest BCUT2D eigenvalue weighted by atomic mass is 9.54. The van der Waals surface area contributed by atoms with Crippen molar-refractivity contribution in [2.75, 3.05) is 0 Å².